The second-order valence-corrected chi connectivity index (χ2v) is 6.64. The molecule has 1 rings (SSSR count). The van der Waals surface area contributed by atoms with Gasteiger partial charge in [0.25, 0.3) is 0 Å². The largest absolute Gasteiger partial charge is 0.330 e. The van der Waals surface area contributed by atoms with Crippen molar-refractivity contribution < 1.29 is 13.2 Å². The first kappa shape index (κ1) is 16.6. The lowest BCUT2D eigenvalue weighted by molar-refractivity contribution is -0.116. The van der Waals surface area contributed by atoms with Crippen LogP contribution in [-0.4, -0.2) is 27.9 Å². The van der Waals surface area contributed by atoms with Crippen molar-refractivity contribution in [2.75, 3.05) is 18.9 Å². The van der Waals surface area contributed by atoms with Crippen LogP contribution in [0.1, 0.15) is 18.9 Å². The van der Waals surface area contributed by atoms with Crippen LogP contribution in [0.3, 0.4) is 0 Å². The number of hydrogen-bond acceptors (Lipinski definition) is 4. The highest BCUT2D eigenvalue weighted by atomic mass is 32.2. The van der Waals surface area contributed by atoms with Gasteiger partial charge in [0.05, 0.1) is 4.90 Å². The number of sulfonamides is 1. The second kappa shape index (κ2) is 6.83. The lowest BCUT2D eigenvalue weighted by atomic mass is 10.1. The van der Waals surface area contributed by atoms with Gasteiger partial charge in [-0.25, -0.2) is 13.1 Å². The fourth-order valence-electron chi connectivity index (χ4n) is 1.69. The fraction of sp³-hybridized carbons (Fsp3) is 0.462. The Labute approximate surface area is 119 Å². The minimum atomic E-state index is -3.54. The van der Waals surface area contributed by atoms with Crippen molar-refractivity contribution in [3.8, 4) is 0 Å². The first-order valence-corrected chi connectivity index (χ1v) is 7.82. The Balaban J connectivity index is 2.94. The van der Waals surface area contributed by atoms with Gasteiger partial charge in [0.15, 0.2) is 0 Å². The number of carbonyl (C=O) groups is 1. The first-order valence-electron chi connectivity index (χ1n) is 6.34. The van der Waals surface area contributed by atoms with Crippen LogP contribution >= 0.6 is 0 Å². The van der Waals surface area contributed by atoms with Crippen LogP contribution in [0, 0.1) is 12.8 Å². The van der Waals surface area contributed by atoms with Crippen molar-refractivity contribution in [2.45, 2.75) is 25.2 Å². The highest BCUT2D eigenvalue weighted by Gasteiger charge is 2.16. The van der Waals surface area contributed by atoms with E-state index < -0.39 is 10.0 Å². The number of rotatable bonds is 6. The zero-order valence-electron chi connectivity index (χ0n) is 11.9. The van der Waals surface area contributed by atoms with E-state index in [1.807, 2.05) is 6.92 Å². The number of nitrogens with two attached hydrogens (primary N) is 1. The maximum absolute atomic E-state index is 11.8. The lowest BCUT2D eigenvalue weighted by Gasteiger charge is -2.12. The Morgan fingerprint density at radius 3 is 2.60 bits per heavy atom. The van der Waals surface area contributed by atoms with Gasteiger partial charge in [0.2, 0.25) is 15.9 Å². The molecule has 0 bridgehead atoms. The van der Waals surface area contributed by atoms with E-state index in [-0.39, 0.29) is 16.7 Å². The maximum Gasteiger partial charge on any atom is 0.240 e. The highest BCUT2D eigenvalue weighted by molar-refractivity contribution is 7.89. The van der Waals surface area contributed by atoms with Crippen molar-refractivity contribution in [1.29, 1.82) is 0 Å². The summed E-state index contributed by atoms with van der Waals surface area (Å²) in [6.07, 6.45) is 0.304. The zero-order chi connectivity index (χ0) is 15.3. The van der Waals surface area contributed by atoms with E-state index in [0.717, 1.165) is 0 Å². The Bertz CT molecular complexity index is 585. The van der Waals surface area contributed by atoms with Crippen LogP contribution in [0.15, 0.2) is 23.1 Å². The molecule has 0 aliphatic carbocycles. The van der Waals surface area contributed by atoms with Crippen molar-refractivity contribution in [3.05, 3.63) is 23.8 Å². The summed E-state index contributed by atoms with van der Waals surface area (Å²) in [5.41, 5.74) is 6.54. The number of amides is 1. The minimum absolute atomic E-state index is 0.0842. The second-order valence-electron chi connectivity index (χ2n) is 4.78. The number of hydrogen-bond donors (Lipinski definition) is 3. The van der Waals surface area contributed by atoms with Gasteiger partial charge in [-0.15, -0.1) is 0 Å². The summed E-state index contributed by atoms with van der Waals surface area (Å²) in [4.78, 5) is 11.9. The molecule has 1 unspecified atom stereocenters. The predicted molar refractivity (Wildman–Crippen MR) is 78.9 cm³/mol. The molecule has 0 radical (unpaired) electrons. The van der Waals surface area contributed by atoms with Crippen LogP contribution < -0.4 is 15.8 Å². The summed E-state index contributed by atoms with van der Waals surface area (Å²) in [5.74, 6) is -0.0967. The van der Waals surface area contributed by atoms with Crippen LogP contribution in [0.2, 0.25) is 0 Å². The van der Waals surface area contributed by atoms with E-state index in [4.69, 9.17) is 5.73 Å². The van der Waals surface area contributed by atoms with Crippen molar-refractivity contribution >= 4 is 21.6 Å². The SMILES string of the molecule is CNS(=O)(=O)c1cc(NC(=O)CC(C)CN)ccc1C. The molecule has 7 heteroatoms. The highest BCUT2D eigenvalue weighted by Crippen LogP contribution is 2.20. The topological polar surface area (TPSA) is 101 Å². The van der Waals surface area contributed by atoms with Crippen LogP contribution in [0.4, 0.5) is 5.69 Å². The third-order valence-electron chi connectivity index (χ3n) is 2.97. The number of nitrogens with one attached hydrogen (secondary N) is 2. The van der Waals surface area contributed by atoms with E-state index in [1.54, 1.807) is 19.1 Å². The molecular weight excluding hydrogens is 278 g/mol. The van der Waals surface area contributed by atoms with Gasteiger partial charge in [-0.2, -0.15) is 0 Å². The molecule has 1 aromatic carbocycles. The van der Waals surface area contributed by atoms with Crippen LogP contribution in [0.5, 0.6) is 0 Å². The molecule has 0 fully saturated rings. The minimum Gasteiger partial charge on any atom is -0.330 e. The van der Waals surface area contributed by atoms with Crippen LogP contribution in [0.25, 0.3) is 0 Å². The summed E-state index contributed by atoms with van der Waals surface area (Å²) < 4.78 is 26.0. The maximum atomic E-state index is 11.8. The number of anilines is 1. The summed E-state index contributed by atoms with van der Waals surface area (Å²) in [7, 11) is -2.19. The van der Waals surface area contributed by atoms with Crippen molar-refractivity contribution in [2.24, 2.45) is 11.7 Å². The average Bonchev–Trinajstić information content (AvgIpc) is 2.40. The Morgan fingerprint density at radius 2 is 2.05 bits per heavy atom. The summed E-state index contributed by atoms with van der Waals surface area (Å²) in [6, 6.07) is 4.79. The lowest BCUT2D eigenvalue weighted by Crippen LogP contribution is -2.21. The molecule has 6 nitrogen and oxygen atoms in total. The molecule has 1 atom stereocenters. The van der Waals surface area contributed by atoms with Gasteiger partial charge in [0, 0.05) is 12.1 Å². The van der Waals surface area contributed by atoms with E-state index in [2.05, 4.69) is 10.0 Å². The molecule has 0 heterocycles. The molecule has 20 heavy (non-hydrogen) atoms. The Morgan fingerprint density at radius 1 is 1.40 bits per heavy atom. The van der Waals surface area contributed by atoms with Gasteiger partial charge in [0.1, 0.15) is 0 Å². The average molecular weight is 299 g/mol. The monoisotopic (exact) mass is 299 g/mol. The fourth-order valence-corrected chi connectivity index (χ4v) is 2.68. The molecule has 0 saturated heterocycles. The third-order valence-corrected chi connectivity index (χ3v) is 4.52. The Kier molecular flexibility index (Phi) is 5.67. The quantitative estimate of drug-likeness (QED) is 0.724. The normalized spacial score (nSPS) is 13.0. The standard InChI is InChI=1S/C13H21N3O3S/c1-9(8-14)6-13(17)16-11-5-4-10(2)12(7-11)20(18,19)15-3/h4-5,7,9,15H,6,8,14H2,1-3H3,(H,16,17). The molecule has 0 spiro atoms. The van der Waals surface area contributed by atoms with E-state index in [0.29, 0.717) is 24.2 Å². The Hall–Kier alpha value is -1.44. The first-order chi connectivity index (χ1) is 9.30. The third kappa shape index (κ3) is 4.29. The molecule has 0 aromatic heterocycles. The van der Waals surface area contributed by atoms with Gasteiger partial charge >= 0.3 is 0 Å². The van der Waals surface area contributed by atoms with Gasteiger partial charge in [-0.3, -0.25) is 4.79 Å². The number of carbonyl (C=O) groups excluding carboxylic acids is 1. The molecule has 0 saturated carbocycles. The molecule has 1 amide bonds. The van der Waals surface area contributed by atoms with Gasteiger partial charge in [-0.1, -0.05) is 13.0 Å². The summed E-state index contributed by atoms with van der Waals surface area (Å²) in [5, 5.41) is 2.68. The molecule has 1 aromatic rings. The molecular formula is C13H21N3O3S. The molecule has 4 N–H and O–H groups in total. The number of aryl methyl sites for hydroxylation is 1. The van der Waals surface area contributed by atoms with Crippen LogP contribution in [-0.2, 0) is 14.8 Å². The zero-order valence-corrected chi connectivity index (χ0v) is 12.8. The number of benzene rings is 1. The molecule has 112 valence electrons. The van der Waals surface area contributed by atoms with Crippen molar-refractivity contribution in [3.63, 3.8) is 0 Å². The summed E-state index contributed by atoms with van der Waals surface area (Å²) >= 11 is 0. The van der Waals surface area contributed by atoms with E-state index >= 15 is 0 Å². The van der Waals surface area contributed by atoms with E-state index in [1.165, 1.54) is 13.1 Å². The van der Waals surface area contributed by atoms with Crippen molar-refractivity contribution in [1.82, 2.24) is 4.72 Å². The van der Waals surface area contributed by atoms with Gasteiger partial charge in [-0.05, 0) is 44.1 Å². The van der Waals surface area contributed by atoms with Gasteiger partial charge < -0.3 is 11.1 Å². The smallest absolute Gasteiger partial charge is 0.240 e. The molecule has 0 aliphatic rings. The molecule has 0 aliphatic heterocycles. The summed E-state index contributed by atoms with van der Waals surface area (Å²) in [6.45, 7) is 4.01. The van der Waals surface area contributed by atoms with E-state index in [9.17, 15) is 13.2 Å². The predicted octanol–water partition coefficient (Wildman–Crippen LogP) is 0.827.